The number of Topliss-reactive ketones (excluding diaryl/α,β-unsaturated/α-hetero) is 1. The highest BCUT2D eigenvalue weighted by Gasteiger charge is 2.31. The van der Waals surface area contributed by atoms with Gasteiger partial charge in [-0.1, -0.05) is 38.5 Å². The van der Waals surface area contributed by atoms with E-state index in [9.17, 15) is 4.79 Å². The summed E-state index contributed by atoms with van der Waals surface area (Å²) >= 11 is 0. The third kappa shape index (κ3) is 4.40. The molecule has 156 valence electrons. The van der Waals surface area contributed by atoms with Crippen molar-refractivity contribution in [2.45, 2.75) is 96.9 Å². The van der Waals surface area contributed by atoms with Gasteiger partial charge >= 0.3 is 0 Å². The third-order valence-corrected chi connectivity index (χ3v) is 8.02. The normalized spacial score (nSPS) is 27.8. The number of carbonyl (C=O) groups excluding carboxylic acids is 1. The molecule has 3 nitrogen and oxygen atoms in total. The van der Waals surface area contributed by atoms with Gasteiger partial charge in [-0.25, -0.2) is 0 Å². The summed E-state index contributed by atoms with van der Waals surface area (Å²) in [6.45, 7) is 7.19. The average Bonchev–Trinajstić information content (AvgIpc) is 3.04. The molecule has 0 amide bonds. The molecule has 1 aliphatic heterocycles. The number of nitrogens with zero attached hydrogens (tertiary/aromatic N) is 2. The molecule has 28 heavy (non-hydrogen) atoms. The van der Waals surface area contributed by atoms with Gasteiger partial charge in [0.2, 0.25) is 0 Å². The topological polar surface area (TPSA) is 25.2 Å². The Morgan fingerprint density at radius 2 is 1.46 bits per heavy atom. The molecule has 0 N–H and O–H groups in total. The number of ketones is 1. The predicted octanol–water partition coefficient (Wildman–Crippen LogP) is 6.09. The zero-order chi connectivity index (χ0) is 19.5. The van der Waals surface area contributed by atoms with Crippen LogP contribution in [0.15, 0.2) is 6.07 Å². The maximum Gasteiger partial charge on any atom is 0.178 e. The maximum atomic E-state index is 13.0. The number of rotatable bonds is 5. The Labute approximate surface area is 171 Å². The molecule has 3 aliphatic rings. The number of aromatic nitrogens is 1. The highest BCUT2D eigenvalue weighted by molar-refractivity contribution is 5.99. The molecule has 2 heterocycles. The van der Waals surface area contributed by atoms with Crippen molar-refractivity contribution >= 4 is 5.78 Å². The standard InChI is InChI=1S/C25H40N2O/c1-19-17-24(25(28)18-26-15-7-4-8-16-26)20(2)27(19)23-13-11-22(12-14-23)21-9-5-3-6-10-21/h17,21-23H,3-16,18H2,1-2H3. The zero-order valence-electron chi connectivity index (χ0n) is 18.2. The molecule has 3 heteroatoms. The Hall–Kier alpha value is -1.09. The number of aryl methyl sites for hydroxylation is 1. The highest BCUT2D eigenvalue weighted by Crippen LogP contribution is 2.42. The molecule has 1 aromatic heterocycles. The van der Waals surface area contributed by atoms with Crippen LogP contribution in [0.2, 0.25) is 0 Å². The van der Waals surface area contributed by atoms with Gasteiger partial charge in [0, 0.05) is 23.0 Å². The first-order valence-corrected chi connectivity index (χ1v) is 12.1. The van der Waals surface area contributed by atoms with Crippen LogP contribution in [0.5, 0.6) is 0 Å². The van der Waals surface area contributed by atoms with Crippen LogP contribution >= 0.6 is 0 Å². The minimum absolute atomic E-state index is 0.331. The lowest BCUT2D eigenvalue weighted by Gasteiger charge is -2.37. The maximum absolute atomic E-state index is 13.0. The van der Waals surface area contributed by atoms with Crippen molar-refractivity contribution in [3.8, 4) is 0 Å². The van der Waals surface area contributed by atoms with Crippen LogP contribution in [0.1, 0.15) is 105 Å². The first-order valence-electron chi connectivity index (χ1n) is 12.1. The molecule has 3 fully saturated rings. The van der Waals surface area contributed by atoms with E-state index in [0.717, 1.165) is 30.5 Å². The van der Waals surface area contributed by atoms with Crippen LogP contribution in [-0.4, -0.2) is 34.9 Å². The van der Waals surface area contributed by atoms with E-state index in [1.54, 1.807) is 0 Å². The Morgan fingerprint density at radius 1 is 0.857 bits per heavy atom. The summed E-state index contributed by atoms with van der Waals surface area (Å²) in [4.78, 5) is 15.3. The SMILES string of the molecule is Cc1cc(C(=O)CN2CCCCC2)c(C)n1C1CCC(C2CCCCC2)CC1. The van der Waals surface area contributed by atoms with Crippen molar-refractivity contribution in [2.24, 2.45) is 11.8 Å². The smallest absolute Gasteiger partial charge is 0.178 e. The van der Waals surface area contributed by atoms with Gasteiger partial charge in [-0.2, -0.15) is 0 Å². The monoisotopic (exact) mass is 384 g/mol. The van der Waals surface area contributed by atoms with E-state index < -0.39 is 0 Å². The summed E-state index contributed by atoms with van der Waals surface area (Å²) in [5.74, 6) is 2.30. The fourth-order valence-electron chi connectivity index (χ4n) is 6.46. The van der Waals surface area contributed by atoms with Crippen LogP contribution in [0.3, 0.4) is 0 Å². The molecule has 0 bridgehead atoms. The molecule has 0 aromatic carbocycles. The summed E-state index contributed by atoms with van der Waals surface area (Å²) in [7, 11) is 0. The van der Waals surface area contributed by atoms with Gasteiger partial charge < -0.3 is 4.57 Å². The van der Waals surface area contributed by atoms with Crippen LogP contribution < -0.4 is 0 Å². The number of piperidine rings is 1. The van der Waals surface area contributed by atoms with E-state index in [1.807, 2.05) is 0 Å². The van der Waals surface area contributed by atoms with Gasteiger partial charge in [0.1, 0.15) is 0 Å². The van der Waals surface area contributed by atoms with Gasteiger partial charge in [0.15, 0.2) is 5.78 Å². The van der Waals surface area contributed by atoms with Gasteiger partial charge in [-0.3, -0.25) is 9.69 Å². The average molecular weight is 385 g/mol. The van der Waals surface area contributed by atoms with Gasteiger partial charge in [-0.05, 0) is 83.4 Å². The lowest BCUT2D eigenvalue weighted by molar-refractivity contribution is 0.0914. The van der Waals surface area contributed by atoms with E-state index in [-0.39, 0.29) is 0 Å². The second-order valence-corrected chi connectivity index (χ2v) is 9.88. The van der Waals surface area contributed by atoms with Crippen LogP contribution in [0.25, 0.3) is 0 Å². The van der Waals surface area contributed by atoms with E-state index in [0.29, 0.717) is 18.4 Å². The number of hydrogen-bond donors (Lipinski definition) is 0. The Balaban J connectivity index is 1.39. The zero-order valence-corrected chi connectivity index (χ0v) is 18.2. The largest absolute Gasteiger partial charge is 0.345 e. The number of hydrogen-bond acceptors (Lipinski definition) is 2. The molecule has 0 unspecified atom stereocenters. The molecule has 0 spiro atoms. The van der Waals surface area contributed by atoms with Gasteiger partial charge in [0.05, 0.1) is 6.54 Å². The van der Waals surface area contributed by atoms with Crippen molar-refractivity contribution in [2.75, 3.05) is 19.6 Å². The Morgan fingerprint density at radius 3 is 2.14 bits per heavy atom. The van der Waals surface area contributed by atoms with Gasteiger partial charge in [-0.15, -0.1) is 0 Å². The first kappa shape index (κ1) is 20.2. The summed E-state index contributed by atoms with van der Waals surface area (Å²) < 4.78 is 2.51. The van der Waals surface area contributed by atoms with E-state index in [1.165, 1.54) is 88.4 Å². The van der Waals surface area contributed by atoms with Crippen molar-refractivity contribution in [3.63, 3.8) is 0 Å². The Kier molecular flexibility index (Phi) is 6.60. The van der Waals surface area contributed by atoms with Crippen LogP contribution in [0.4, 0.5) is 0 Å². The predicted molar refractivity (Wildman–Crippen MR) is 116 cm³/mol. The highest BCUT2D eigenvalue weighted by atomic mass is 16.1. The summed E-state index contributed by atoms with van der Waals surface area (Å²) in [6, 6.07) is 2.78. The Bertz CT molecular complexity index is 656. The molecular weight excluding hydrogens is 344 g/mol. The summed E-state index contributed by atoms with van der Waals surface area (Å²) in [6.07, 6.45) is 16.5. The van der Waals surface area contributed by atoms with Crippen molar-refractivity contribution in [1.29, 1.82) is 0 Å². The molecule has 1 aromatic rings. The molecule has 2 saturated carbocycles. The third-order valence-electron chi connectivity index (χ3n) is 8.02. The van der Waals surface area contributed by atoms with E-state index in [2.05, 4.69) is 29.4 Å². The van der Waals surface area contributed by atoms with Crippen LogP contribution in [0, 0.1) is 25.7 Å². The molecule has 0 atom stereocenters. The van der Waals surface area contributed by atoms with Gasteiger partial charge in [0.25, 0.3) is 0 Å². The van der Waals surface area contributed by atoms with Crippen molar-refractivity contribution < 1.29 is 4.79 Å². The van der Waals surface area contributed by atoms with Crippen molar-refractivity contribution in [3.05, 3.63) is 23.0 Å². The molecular formula is C25H40N2O. The number of carbonyl (C=O) groups is 1. The lowest BCUT2D eigenvalue weighted by Crippen LogP contribution is -2.34. The molecule has 4 rings (SSSR count). The number of likely N-dealkylation sites (tertiary alicyclic amines) is 1. The van der Waals surface area contributed by atoms with E-state index >= 15 is 0 Å². The molecule has 1 saturated heterocycles. The van der Waals surface area contributed by atoms with E-state index in [4.69, 9.17) is 0 Å². The molecule has 0 radical (unpaired) electrons. The second kappa shape index (κ2) is 9.15. The fourth-order valence-corrected chi connectivity index (χ4v) is 6.46. The lowest BCUT2D eigenvalue weighted by atomic mass is 9.72. The molecule has 2 aliphatic carbocycles. The minimum atomic E-state index is 0.331. The quantitative estimate of drug-likeness (QED) is 0.574. The minimum Gasteiger partial charge on any atom is -0.345 e. The van der Waals surface area contributed by atoms with Crippen molar-refractivity contribution in [1.82, 2.24) is 9.47 Å². The second-order valence-electron chi connectivity index (χ2n) is 9.88. The summed E-state index contributed by atoms with van der Waals surface area (Å²) in [5, 5.41) is 0. The first-order chi connectivity index (χ1) is 13.6. The fraction of sp³-hybridized carbons (Fsp3) is 0.800. The van der Waals surface area contributed by atoms with Crippen LogP contribution in [-0.2, 0) is 0 Å². The summed E-state index contributed by atoms with van der Waals surface area (Å²) in [5.41, 5.74) is 3.50.